The highest BCUT2D eigenvalue weighted by molar-refractivity contribution is 14.1. The van der Waals surface area contributed by atoms with Crippen molar-refractivity contribution in [2.45, 2.75) is 0 Å². The first-order valence-corrected chi connectivity index (χ1v) is 9.40. The normalized spacial score (nSPS) is 10.7. The van der Waals surface area contributed by atoms with Gasteiger partial charge in [-0.3, -0.25) is 14.6 Å². The zero-order chi connectivity index (χ0) is 20.1. The standard InChI is InChI=1S/C19H18FIN4O3/c1-3-27-8-9-28-24-19(26)18-17(13-11-22-7-6-16(13)25(18)2)23-15-5-4-12(21)10-14(15)20/h3-7,10-11,23H,1,8-9H2,2H3,(H,24,26). The van der Waals surface area contributed by atoms with Gasteiger partial charge in [-0.25, -0.2) is 9.87 Å². The van der Waals surface area contributed by atoms with Gasteiger partial charge in [0.05, 0.1) is 23.2 Å². The first-order valence-electron chi connectivity index (χ1n) is 8.32. The SMILES string of the molecule is C=COCCONC(=O)c1c(Nc2ccc(I)cc2F)c2cnccc2n1C. The molecule has 2 aromatic heterocycles. The number of nitrogens with zero attached hydrogens (tertiary/aromatic N) is 2. The second kappa shape index (κ2) is 9.02. The van der Waals surface area contributed by atoms with Crippen molar-refractivity contribution in [2.24, 2.45) is 7.05 Å². The van der Waals surface area contributed by atoms with E-state index in [-0.39, 0.29) is 24.6 Å². The molecule has 28 heavy (non-hydrogen) atoms. The number of rotatable bonds is 8. The van der Waals surface area contributed by atoms with E-state index in [0.717, 1.165) is 9.09 Å². The van der Waals surface area contributed by atoms with Gasteiger partial charge in [-0.2, -0.15) is 0 Å². The van der Waals surface area contributed by atoms with Crippen LogP contribution in [0.4, 0.5) is 15.8 Å². The summed E-state index contributed by atoms with van der Waals surface area (Å²) < 4.78 is 21.8. The number of hydroxylamine groups is 1. The fourth-order valence-electron chi connectivity index (χ4n) is 2.74. The van der Waals surface area contributed by atoms with Crippen LogP contribution in [0.5, 0.6) is 0 Å². The Morgan fingerprint density at radius 2 is 2.21 bits per heavy atom. The van der Waals surface area contributed by atoms with E-state index >= 15 is 0 Å². The van der Waals surface area contributed by atoms with Crippen LogP contribution in [0.3, 0.4) is 0 Å². The van der Waals surface area contributed by atoms with Crippen molar-refractivity contribution in [3.8, 4) is 0 Å². The second-order valence-corrected chi connectivity index (χ2v) is 6.99. The van der Waals surface area contributed by atoms with Crippen molar-refractivity contribution in [3.63, 3.8) is 0 Å². The zero-order valence-electron chi connectivity index (χ0n) is 15.0. The molecule has 3 aromatic rings. The number of benzene rings is 1. The van der Waals surface area contributed by atoms with Crippen LogP contribution in [0.1, 0.15) is 10.5 Å². The number of hydrogen-bond acceptors (Lipinski definition) is 5. The number of aryl methyl sites for hydroxylation is 1. The maximum Gasteiger partial charge on any atom is 0.293 e. The van der Waals surface area contributed by atoms with Crippen LogP contribution >= 0.6 is 22.6 Å². The van der Waals surface area contributed by atoms with Crippen molar-refractivity contribution in [1.82, 2.24) is 15.0 Å². The Morgan fingerprint density at radius 3 is 2.96 bits per heavy atom. The Bertz CT molecular complexity index is 1020. The summed E-state index contributed by atoms with van der Waals surface area (Å²) in [5.74, 6) is -0.900. The van der Waals surface area contributed by atoms with Gasteiger partial charge in [0.2, 0.25) is 0 Å². The number of anilines is 2. The molecule has 0 aliphatic heterocycles. The molecule has 0 unspecified atom stereocenters. The van der Waals surface area contributed by atoms with Gasteiger partial charge in [-0.1, -0.05) is 6.58 Å². The molecule has 0 radical (unpaired) electrons. The number of pyridine rings is 1. The van der Waals surface area contributed by atoms with Crippen LogP contribution in [0.15, 0.2) is 49.5 Å². The summed E-state index contributed by atoms with van der Waals surface area (Å²) >= 11 is 2.03. The van der Waals surface area contributed by atoms with Crippen molar-refractivity contribution < 1.29 is 18.8 Å². The van der Waals surface area contributed by atoms with E-state index in [1.807, 2.05) is 22.6 Å². The van der Waals surface area contributed by atoms with Crippen molar-refractivity contribution in [2.75, 3.05) is 18.5 Å². The average molecular weight is 496 g/mol. The predicted octanol–water partition coefficient (Wildman–Crippen LogP) is 3.88. The molecule has 0 bridgehead atoms. The molecule has 7 nitrogen and oxygen atoms in total. The smallest absolute Gasteiger partial charge is 0.293 e. The fourth-order valence-corrected chi connectivity index (χ4v) is 3.20. The van der Waals surface area contributed by atoms with Gasteiger partial charge >= 0.3 is 0 Å². The molecule has 2 heterocycles. The molecule has 146 valence electrons. The van der Waals surface area contributed by atoms with E-state index in [2.05, 4.69) is 22.4 Å². The van der Waals surface area contributed by atoms with E-state index in [9.17, 15) is 9.18 Å². The van der Waals surface area contributed by atoms with Crippen LogP contribution in [0.25, 0.3) is 10.9 Å². The topological polar surface area (TPSA) is 77.4 Å². The summed E-state index contributed by atoms with van der Waals surface area (Å²) in [6, 6.07) is 6.59. The third kappa shape index (κ3) is 4.25. The first-order chi connectivity index (χ1) is 13.5. The fraction of sp³-hybridized carbons (Fsp3) is 0.158. The lowest BCUT2D eigenvalue weighted by Crippen LogP contribution is -2.27. The molecule has 0 spiro atoms. The summed E-state index contributed by atoms with van der Waals surface area (Å²) in [4.78, 5) is 22.0. The molecular weight excluding hydrogens is 478 g/mol. The monoisotopic (exact) mass is 496 g/mol. The van der Waals surface area contributed by atoms with Crippen LogP contribution in [-0.4, -0.2) is 28.7 Å². The minimum atomic E-state index is -0.481. The summed E-state index contributed by atoms with van der Waals surface area (Å²) in [6.45, 7) is 3.83. The molecule has 1 aromatic carbocycles. The van der Waals surface area contributed by atoms with E-state index in [1.165, 1.54) is 12.3 Å². The highest BCUT2D eigenvalue weighted by Crippen LogP contribution is 2.33. The summed E-state index contributed by atoms with van der Waals surface area (Å²) in [5, 5.41) is 3.71. The summed E-state index contributed by atoms with van der Waals surface area (Å²) in [5.41, 5.74) is 4.12. The number of fused-ring (bicyclic) bond motifs is 1. The predicted molar refractivity (Wildman–Crippen MR) is 113 cm³/mol. The Labute approximate surface area is 174 Å². The van der Waals surface area contributed by atoms with Crippen LogP contribution < -0.4 is 10.8 Å². The molecule has 0 aliphatic rings. The van der Waals surface area contributed by atoms with Crippen molar-refractivity contribution in [1.29, 1.82) is 0 Å². The lowest BCUT2D eigenvalue weighted by molar-refractivity contribution is 0.0140. The molecule has 9 heteroatoms. The lowest BCUT2D eigenvalue weighted by atomic mass is 10.2. The highest BCUT2D eigenvalue weighted by atomic mass is 127. The number of halogens is 2. The van der Waals surface area contributed by atoms with Crippen LogP contribution in [0.2, 0.25) is 0 Å². The number of ether oxygens (including phenoxy) is 1. The Hall–Kier alpha value is -2.66. The molecule has 0 saturated heterocycles. The molecule has 3 rings (SSSR count). The lowest BCUT2D eigenvalue weighted by Gasteiger charge is -2.12. The quantitative estimate of drug-likeness (QED) is 0.214. The largest absolute Gasteiger partial charge is 0.499 e. The average Bonchev–Trinajstić information content (AvgIpc) is 2.96. The number of carbonyl (C=O) groups is 1. The van der Waals surface area contributed by atoms with E-state index in [4.69, 9.17) is 9.57 Å². The minimum absolute atomic E-state index is 0.151. The minimum Gasteiger partial charge on any atom is -0.499 e. The Morgan fingerprint density at radius 1 is 1.39 bits per heavy atom. The maximum atomic E-state index is 14.4. The van der Waals surface area contributed by atoms with Gasteiger partial charge < -0.3 is 14.6 Å². The maximum absolute atomic E-state index is 14.4. The summed E-state index contributed by atoms with van der Waals surface area (Å²) in [6.07, 6.45) is 4.54. The third-order valence-electron chi connectivity index (χ3n) is 3.99. The van der Waals surface area contributed by atoms with E-state index in [1.54, 1.807) is 42.2 Å². The number of nitrogens with one attached hydrogen (secondary N) is 2. The van der Waals surface area contributed by atoms with Gasteiger partial charge in [0.1, 0.15) is 24.7 Å². The van der Waals surface area contributed by atoms with Gasteiger partial charge in [0.15, 0.2) is 0 Å². The molecule has 0 aliphatic carbocycles. The number of hydrogen-bond donors (Lipinski definition) is 2. The molecule has 0 saturated carbocycles. The molecule has 2 N–H and O–H groups in total. The number of aromatic nitrogens is 2. The molecular formula is C19H18FIN4O3. The van der Waals surface area contributed by atoms with E-state index in [0.29, 0.717) is 11.1 Å². The van der Waals surface area contributed by atoms with Gasteiger partial charge in [0.25, 0.3) is 5.91 Å². The van der Waals surface area contributed by atoms with Crippen LogP contribution in [-0.2, 0) is 16.6 Å². The van der Waals surface area contributed by atoms with Crippen molar-refractivity contribution in [3.05, 3.63) is 64.6 Å². The van der Waals surface area contributed by atoms with Gasteiger partial charge in [-0.15, -0.1) is 0 Å². The number of amides is 1. The molecule has 0 fully saturated rings. The highest BCUT2D eigenvalue weighted by Gasteiger charge is 2.22. The van der Waals surface area contributed by atoms with Gasteiger partial charge in [0, 0.05) is 28.4 Å². The zero-order valence-corrected chi connectivity index (χ0v) is 17.2. The Balaban J connectivity index is 1.94. The second-order valence-electron chi connectivity index (χ2n) is 5.74. The first kappa shape index (κ1) is 20.1. The number of carbonyl (C=O) groups excluding carboxylic acids is 1. The third-order valence-corrected chi connectivity index (χ3v) is 4.66. The van der Waals surface area contributed by atoms with Crippen molar-refractivity contribution >= 4 is 50.8 Å². The Kier molecular flexibility index (Phi) is 6.47. The summed E-state index contributed by atoms with van der Waals surface area (Å²) in [7, 11) is 1.74. The van der Waals surface area contributed by atoms with Gasteiger partial charge in [-0.05, 0) is 46.9 Å². The molecule has 0 atom stereocenters. The van der Waals surface area contributed by atoms with E-state index < -0.39 is 11.7 Å². The molecule has 1 amide bonds. The van der Waals surface area contributed by atoms with Crippen LogP contribution in [0, 0.1) is 9.39 Å².